The number of esters is 4. The van der Waals surface area contributed by atoms with E-state index in [0.29, 0.717) is 25.7 Å². The second-order valence-corrected chi connectivity index (χ2v) is 29.5. The third kappa shape index (κ3) is 72.6. The summed E-state index contributed by atoms with van der Waals surface area (Å²) in [5.41, 5.74) is 0. The Morgan fingerprint density at radius 1 is 0.280 bits per heavy atom. The number of hydrogen-bond donors (Lipinski definition) is 3. The van der Waals surface area contributed by atoms with Crippen molar-refractivity contribution in [1.82, 2.24) is 0 Å². The third-order valence-corrected chi connectivity index (χ3v) is 18.7. The first-order valence-electron chi connectivity index (χ1n) is 39.8. The van der Waals surface area contributed by atoms with Crippen LogP contribution in [0.3, 0.4) is 0 Å². The molecule has 3 unspecified atom stereocenters. The first-order chi connectivity index (χ1) is 48.7. The van der Waals surface area contributed by atoms with Gasteiger partial charge >= 0.3 is 39.5 Å². The van der Waals surface area contributed by atoms with E-state index in [9.17, 15) is 43.2 Å². The van der Waals surface area contributed by atoms with E-state index in [1.807, 2.05) is 0 Å². The smallest absolute Gasteiger partial charge is 0.462 e. The zero-order chi connectivity index (χ0) is 73.2. The molecule has 0 amide bonds. The summed E-state index contributed by atoms with van der Waals surface area (Å²) in [6.07, 6.45) is 75.5. The van der Waals surface area contributed by atoms with Gasteiger partial charge in [-0.3, -0.25) is 37.3 Å². The molecular formula is C81H144O17P2. The Labute approximate surface area is 608 Å². The van der Waals surface area contributed by atoms with E-state index < -0.39 is 97.5 Å². The molecule has 0 aromatic rings. The van der Waals surface area contributed by atoms with Crippen LogP contribution in [0.4, 0.5) is 0 Å². The fraction of sp³-hybridized carbons (Fsp3) is 0.778. The average Bonchev–Trinajstić information content (AvgIpc) is 1.01. The average molecular weight is 1450 g/mol. The summed E-state index contributed by atoms with van der Waals surface area (Å²) in [4.78, 5) is 73.0. The van der Waals surface area contributed by atoms with Gasteiger partial charge < -0.3 is 33.8 Å². The van der Waals surface area contributed by atoms with Crippen molar-refractivity contribution in [3.8, 4) is 0 Å². The highest BCUT2D eigenvalue weighted by Gasteiger charge is 2.30. The van der Waals surface area contributed by atoms with Crippen molar-refractivity contribution >= 4 is 39.5 Å². The molecule has 0 aliphatic heterocycles. The molecule has 580 valence electrons. The van der Waals surface area contributed by atoms with Gasteiger partial charge in [-0.15, -0.1) is 0 Å². The van der Waals surface area contributed by atoms with Crippen LogP contribution in [0, 0.1) is 0 Å². The SMILES string of the molecule is CCCCCC=CCC=CCCCCCCCC(=O)OC[C@H](COP(=O)(O)OCC(O)COP(=O)(O)OC[C@@H](COC(=O)CCCCCCCC=CCC=CCCCCC)OC(=O)CCCCCCCC=CCCCCCCCC)OC(=O)CCCCCCCC=CCC=CCCCCC. The van der Waals surface area contributed by atoms with Gasteiger partial charge in [-0.25, -0.2) is 9.13 Å². The molecule has 0 rings (SSSR count). The fourth-order valence-corrected chi connectivity index (χ4v) is 12.2. The number of phosphoric acid groups is 2. The van der Waals surface area contributed by atoms with Crippen LogP contribution in [0.15, 0.2) is 85.1 Å². The molecular weight excluding hydrogens is 1310 g/mol. The predicted molar refractivity (Wildman–Crippen MR) is 409 cm³/mol. The Kier molecular flexibility index (Phi) is 70.8. The number of carbonyl (C=O) groups excluding carboxylic acids is 4. The molecule has 5 atom stereocenters. The van der Waals surface area contributed by atoms with Crippen LogP contribution in [0.2, 0.25) is 0 Å². The number of rotatable bonds is 75. The van der Waals surface area contributed by atoms with E-state index in [-0.39, 0.29) is 25.7 Å². The molecule has 0 saturated carbocycles. The van der Waals surface area contributed by atoms with Gasteiger partial charge in [0.15, 0.2) is 12.2 Å². The van der Waals surface area contributed by atoms with E-state index in [2.05, 4.69) is 113 Å². The number of phosphoric ester groups is 2. The monoisotopic (exact) mass is 1450 g/mol. The Bertz CT molecular complexity index is 2230. The Morgan fingerprint density at radius 2 is 0.490 bits per heavy atom. The van der Waals surface area contributed by atoms with Gasteiger partial charge in [0, 0.05) is 25.7 Å². The Hall–Kier alpha value is -3.76. The molecule has 0 heterocycles. The number of unbranched alkanes of at least 4 members (excludes halogenated alkanes) is 35. The van der Waals surface area contributed by atoms with Gasteiger partial charge in [0.05, 0.1) is 26.4 Å². The van der Waals surface area contributed by atoms with Crippen molar-refractivity contribution in [1.29, 1.82) is 0 Å². The molecule has 17 nitrogen and oxygen atoms in total. The minimum Gasteiger partial charge on any atom is -0.462 e. The lowest BCUT2D eigenvalue weighted by atomic mass is 10.1. The molecule has 0 fully saturated rings. The highest BCUT2D eigenvalue weighted by Crippen LogP contribution is 2.45. The van der Waals surface area contributed by atoms with Crippen LogP contribution < -0.4 is 0 Å². The third-order valence-electron chi connectivity index (χ3n) is 16.8. The molecule has 0 aliphatic rings. The highest BCUT2D eigenvalue weighted by molar-refractivity contribution is 7.47. The molecule has 0 saturated heterocycles. The van der Waals surface area contributed by atoms with Crippen LogP contribution >= 0.6 is 15.6 Å². The number of hydrogen-bond acceptors (Lipinski definition) is 15. The first-order valence-corrected chi connectivity index (χ1v) is 42.8. The molecule has 0 spiro atoms. The van der Waals surface area contributed by atoms with Crippen LogP contribution in [-0.2, 0) is 65.4 Å². The molecule has 0 aromatic heterocycles. The summed E-state index contributed by atoms with van der Waals surface area (Å²) in [7, 11) is -9.96. The van der Waals surface area contributed by atoms with Crippen LogP contribution in [-0.4, -0.2) is 96.7 Å². The second kappa shape index (κ2) is 73.5. The summed E-state index contributed by atoms with van der Waals surface area (Å²) in [5, 5.41) is 10.6. The molecule has 0 aromatic carbocycles. The molecule has 0 bridgehead atoms. The lowest BCUT2D eigenvalue weighted by Crippen LogP contribution is -2.30. The largest absolute Gasteiger partial charge is 0.472 e. The zero-order valence-corrected chi connectivity index (χ0v) is 65.2. The lowest BCUT2D eigenvalue weighted by Gasteiger charge is -2.21. The maximum atomic E-state index is 13.1. The second-order valence-electron chi connectivity index (χ2n) is 26.6. The Balaban J connectivity index is 5.38. The van der Waals surface area contributed by atoms with E-state index in [1.54, 1.807) is 0 Å². The normalized spacial score (nSPS) is 14.3. The molecule has 3 N–H and O–H groups in total. The van der Waals surface area contributed by atoms with E-state index in [4.69, 9.17) is 37.0 Å². The quantitative estimate of drug-likeness (QED) is 0.0169. The van der Waals surface area contributed by atoms with Crippen molar-refractivity contribution in [2.45, 2.75) is 367 Å². The molecule has 100 heavy (non-hydrogen) atoms. The summed E-state index contributed by atoms with van der Waals surface area (Å²) in [6, 6.07) is 0. The van der Waals surface area contributed by atoms with Crippen LogP contribution in [0.5, 0.6) is 0 Å². The topological polar surface area (TPSA) is 237 Å². The van der Waals surface area contributed by atoms with Crippen molar-refractivity contribution in [3.05, 3.63) is 85.1 Å². The standard InChI is InChI=1S/C81H144O17P2/c1-5-9-13-17-21-25-29-33-37-41-45-49-53-57-61-65-78(83)91-71-76(97-80(85)67-63-59-55-51-47-43-39-35-31-27-23-19-15-11-7-3)73-95-99(87,88)93-69-75(82)70-94-100(89,90)96-74-77(98-81(86)68-64-60-56-52-48-44-40-36-32-28-24-20-16-12-8-4)72-92-79(84)66-62-58-54-50-46-42-38-34-30-26-22-18-14-10-6-2/h21-23,25-27,33-40,75-77,82H,5-20,24,28-32,41-74H2,1-4H3,(H,87,88)(H,89,90)/t75?,76-,77-/m1/s1. The molecule has 19 heteroatoms. The number of carbonyl (C=O) groups is 4. The van der Waals surface area contributed by atoms with Crippen molar-refractivity contribution in [3.63, 3.8) is 0 Å². The van der Waals surface area contributed by atoms with Gasteiger partial charge in [0.25, 0.3) is 0 Å². The van der Waals surface area contributed by atoms with Crippen molar-refractivity contribution in [2.24, 2.45) is 0 Å². The van der Waals surface area contributed by atoms with E-state index in [1.165, 1.54) is 96.3 Å². The summed E-state index contributed by atoms with van der Waals surface area (Å²) < 4.78 is 68.6. The van der Waals surface area contributed by atoms with Gasteiger partial charge in [-0.1, -0.05) is 260 Å². The van der Waals surface area contributed by atoms with Crippen molar-refractivity contribution < 1.29 is 80.2 Å². The predicted octanol–water partition coefficient (Wildman–Crippen LogP) is 23.0. The van der Waals surface area contributed by atoms with Crippen molar-refractivity contribution in [2.75, 3.05) is 39.6 Å². The summed E-state index contributed by atoms with van der Waals surface area (Å²) >= 11 is 0. The maximum absolute atomic E-state index is 13.1. The fourth-order valence-electron chi connectivity index (χ4n) is 10.7. The van der Waals surface area contributed by atoms with E-state index >= 15 is 0 Å². The van der Waals surface area contributed by atoms with Gasteiger partial charge in [-0.05, 0) is 148 Å². The Morgan fingerprint density at radius 3 is 0.770 bits per heavy atom. The minimum absolute atomic E-state index is 0.0768. The number of aliphatic hydroxyl groups excluding tert-OH is 1. The van der Waals surface area contributed by atoms with Gasteiger partial charge in [0.2, 0.25) is 0 Å². The highest BCUT2D eigenvalue weighted by atomic mass is 31.2. The number of aliphatic hydroxyl groups is 1. The maximum Gasteiger partial charge on any atom is 0.472 e. The van der Waals surface area contributed by atoms with Crippen LogP contribution in [0.1, 0.15) is 349 Å². The summed E-state index contributed by atoms with van der Waals surface area (Å²) in [5.74, 6) is -2.21. The zero-order valence-electron chi connectivity index (χ0n) is 63.4. The number of allylic oxidation sites excluding steroid dienone is 14. The molecule has 0 radical (unpaired) electrons. The van der Waals surface area contributed by atoms with Crippen LogP contribution in [0.25, 0.3) is 0 Å². The first kappa shape index (κ1) is 96.2. The van der Waals surface area contributed by atoms with E-state index in [0.717, 1.165) is 173 Å². The number of ether oxygens (including phenoxy) is 4. The van der Waals surface area contributed by atoms with Gasteiger partial charge in [0.1, 0.15) is 19.3 Å². The summed E-state index contributed by atoms with van der Waals surface area (Å²) in [6.45, 7) is 4.78. The lowest BCUT2D eigenvalue weighted by molar-refractivity contribution is -0.161. The van der Waals surface area contributed by atoms with Gasteiger partial charge in [-0.2, -0.15) is 0 Å². The molecule has 0 aliphatic carbocycles. The minimum atomic E-state index is -4.98.